The van der Waals surface area contributed by atoms with Crippen molar-refractivity contribution in [3.8, 4) is 0 Å². The topological polar surface area (TPSA) is 32.3 Å². The molecule has 0 unspecified atom stereocenters. The normalized spacial score (nSPS) is 19.8. The Bertz CT molecular complexity index is 442. The van der Waals surface area contributed by atoms with Gasteiger partial charge in [0.25, 0.3) is 0 Å². The molecular weight excluding hydrogens is 212 g/mol. The van der Waals surface area contributed by atoms with Crippen LogP contribution in [0.1, 0.15) is 31.2 Å². The van der Waals surface area contributed by atoms with Gasteiger partial charge in [0.05, 0.1) is 0 Å². The molecule has 2 aliphatic heterocycles. The van der Waals surface area contributed by atoms with Crippen LogP contribution in [0.4, 0.5) is 11.4 Å². The highest BCUT2D eigenvalue weighted by molar-refractivity contribution is 5.94. The van der Waals surface area contributed by atoms with Crippen LogP contribution in [0, 0.1) is 0 Å². The quantitative estimate of drug-likeness (QED) is 0.804. The second-order valence-corrected chi connectivity index (χ2v) is 4.87. The van der Waals surface area contributed by atoms with Crippen molar-refractivity contribution in [2.24, 2.45) is 0 Å². The summed E-state index contributed by atoms with van der Waals surface area (Å²) in [5.41, 5.74) is 3.64. The third-order valence-electron chi connectivity index (χ3n) is 3.69. The van der Waals surface area contributed by atoms with Crippen LogP contribution in [0.15, 0.2) is 18.2 Å². The van der Waals surface area contributed by atoms with E-state index in [1.807, 2.05) is 4.90 Å². The highest BCUT2D eigenvalue weighted by atomic mass is 16.2. The first-order chi connectivity index (χ1) is 8.34. The summed E-state index contributed by atoms with van der Waals surface area (Å²) in [6.45, 7) is 1.89. The van der Waals surface area contributed by atoms with Crippen molar-refractivity contribution in [3.63, 3.8) is 0 Å². The monoisotopic (exact) mass is 230 g/mol. The third kappa shape index (κ3) is 2.02. The van der Waals surface area contributed by atoms with Crippen LogP contribution in [0.25, 0.3) is 0 Å². The lowest BCUT2D eigenvalue weighted by Gasteiger charge is -2.21. The molecule has 3 heteroatoms. The average molecular weight is 230 g/mol. The summed E-state index contributed by atoms with van der Waals surface area (Å²) >= 11 is 0. The van der Waals surface area contributed by atoms with Crippen molar-refractivity contribution in [1.29, 1.82) is 0 Å². The Morgan fingerprint density at radius 2 is 2.06 bits per heavy atom. The van der Waals surface area contributed by atoms with Gasteiger partial charge in [-0.25, -0.2) is 0 Å². The molecule has 1 N–H and O–H groups in total. The molecule has 0 aliphatic carbocycles. The van der Waals surface area contributed by atoms with Gasteiger partial charge >= 0.3 is 0 Å². The van der Waals surface area contributed by atoms with Crippen molar-refractivity contribution in [3.05, 3.63) is 23.8 Å². The molecule has 1 amide bonds. The molecule has 0 atom stereocenters. The number of hydrogen-bond donors (Lipinski definition) is 1. The highest BCUT2D eigenvalue weighted by Gasteiger charge is 2.20. The number of carbonyl (C=O) groups is 1. The van der Waals surface area contributed by atoms with Crippen LogP contribution in [-0.2, 0) is 11.2 Å². The van der Waals surface area contributed by atoms with Crippen molar-refractivity contribution in [2.45, 2.75) is 32.1 Å². The Kier molecular flexibility index (Phi) is 2.75. The molecule has 90 valence electrons. The molecule has 3 rings (SSSR count). The Labute approximate surface area is 102 Å². The van der Waals surface area contributed by atoms with E-state index in [2.05, 4.69) is 23.5 Å². The summed E-state index contributed by atoms with van der Waals surface area (Å²) in [6, 6.07) is 6.38. The van der Waals surface area contributed by atoms with Crippen LogP contribution in [0.5, 0.6) is 0 Å². The zero-order valence-corrected chi connectivity index (χ0v) is 10.0. The van der Waals surface area contributed by atoms with E-state index in [4.69, 9.17) is 0 Å². The number of benzene rings is 1. The first-order valence-corrected chi connectivity index (χ1v) is 6.52. The van der Waals surface area contributed by atoms with Crippen molar-refractivity contribution in [1.82, 2.24) is 0 Å². The van der Waals surface area contributed by atoms with E-state index < -0.39 is 0 Å². The summed E-state index contributed by atoms with van der Waals surface area (Å²) in [5.74, 6) is 0.278. The van der Waals surface area contributed by atoms with E-state index in [0.29, 0.717) is 6.42 Å². The molecule has 0 radical (unpaired) electrons. The van der Waals surface area contributed by atoms with Crippen LogP contribution in [-0.4, -0.2) is 19.0 Å². The maximum Gasteiger partial charge on any atom is 0.226 e. The van der Waals surface area contributed by atoms with Gasteiger partial charge in [0.15, 0.2) is 0 Å². The average Bonchev–Trinajstić information content (AvgIpc) is 2.70. The molecule has 1 aromatic rings. The Morgan fingerprint density at radius 1 is 1.12 bits per heavy atom. The SMILES string of the molecule is O=C1CCCCCN1c1ccc2c(c1)NCC2. The Hall–Kier alpha value is -1.51. The smallest absolute Gasteiger partial charge is 0.226 e. The van der Waals surface area contributed by atoms with E-state index >= 15 is 0 Å². The Morgan fingerprint density at radius 3 is 3.00 bits per heavy atom. The van der Waals surface area contributed by atoms with Gasteiger partial charge in [0, 0.05) is 30.9 Å². The molecule has 3 nitrogen and oxygen atoms in total. The van der Waals surface area contributed by atoms with Gasteiger partial charge in [-0.15, -0.1) is 0 Å². The number of anilines is 2. The van der Waals surface area contributed by atoms with Crippen LogP contribution < -0.4 is 10.2 Å². The Balaban J connectivity index is 1.89. The highest BCUT2D eigenvalue weighted by Crippen LogP contribution is 2.29. The van der Waals surface area contributed by atoms with E-state index in [9.17, 15) is 4.79 Å². The lowest BCUT2D eigenvalue weighted by Crippen LogP contribution is -2.29. The van der Waals surface area contributed by atoms with Crippen molar-refractivity contribution >= 4 is 17.3 Å². The molecular formula is C14H18N2O. The molecule has 0 aromatic heterocycles. The summed E-state index contributed by atoms with van der Waals surface area (Å²) in [4.78, 5) is 14.0. The maximum atomic E-state index is 12.0. The van der Waals surface area contributed by atoms with Crippen molar-refractivity contribution < 1.29 is 4.79 Å². The van der Waals surface area contributed by atoms with Crippen LogP contribution in [0.3, 0.4) is 0 Å². The number of rotatable bonds is 1. The van der Waals surface area contributed by atoms with E-state index in [1.165, 1.54) is 17.7 Å². The van der Waals surface area contributed by atoms with Gasteiger partial charge in [-0.1, -0.05) is 12.5 Å². The minimum absolute atomic E-state index is 0.278. The first-order valence-electron chi connectivity index (χ1n) is 6.52. The fourth-order valence-corrected chi connectivity index (χ4v) is 2.70. The van der Waals surface area contributed by atoms with Gasteiger partial charge in [-0.3, -0.25) is 4.79 Å². The number of hydrogen-bond acceptors (Lipinski definition) is 2. The first kappa shape index (κ1) is 10.6. The number of carbonyl (C=O) groups excluding carboxylic acids is 1. The third-order valence-corrected chi connectivity index (χ3v) is 3.69. The summed E-state index contributed by atoms with van der Waals surface area (Å²) < 4.78 is 0. The zero-order chi connectivity index (χ0) is 11.7. The van der Waals surface area contributed by atoms with Gasteiger partial charge in [0.1, 0.15) is 0 Å². The molecule has 1 saturated heterocycles. The van der Waals surface area contributed by atoms with E-state index in [0.717, 1.165) is 38.0 Å². The molecule has 17 heavy (non-hydrogen) atoms. The number of nitrogens with one attached hydrogen (secondary N) is 1. The minimum Gasteiger partial charge on any atom is -0.384 e. The van der Waals surface area contributed by atoms with Gasteiger partial charge in [-0.2, -0.15) is 0 Å². The molecule has 0 saturated carbocycles. The summed E-state index contributed by atoms with van der Waals surface area (Å²) in [7, 11) is 0. The lowest BCUT2D eigenvalue weighted by molar-refractivity contribution is -0.118. The summed E-state index contributed by atoms with van der Waals surface area (Å²) in [5, 5.41) is 3.37. The van der Waals surface area contributed by atoms with Crippen molar-refractivity contribution in [2.75, 3.05) is 23.3 Å². The standard InChI is InChI=1S/C14H18N2O/c17-14-4-2-1-3-9-16(14)12-6-5-11-7-8-15-13(11)10-12/h5-6,10,15H,1-4,7-9H2. The fraction of sp³-hybridized carbons (Fsp3) is 0.500. The van der Waals surface area contributed by atoms with E-state index in [1.54, 1.807) is 0 Å². The van der Waals surface area contributed by atoms with E-state index in [-0.39, 0.29) is 5.91 Å². The maximum absolute atomic E-state index is 12.0. The predicted octanol–water partition coefficient (Wildman–Crippen LogP) is 2.56. The molecule has 0 bridgehead atoms. The number of fused-ring (bicyclic) bond motifs is 1. The fourth-order valence-electron chi connectivity index (χ4n) is 2.70. The predicted molar refractivity (Wildman–Crippen MR) is 69.5 cm³/mol. The lowest BCUT2D eigenvalue weighted by atomic mass is 10.1. The summed E-state index contributed by atoms with van der Waals surface area (Å²) in [6.07, 6.45) is 5.13. The zero-order valence-electron chi connectivity index (χ0n) is 10.0. The molecule has 1 fully saturated rings. The van der Waals surface area contributed by atoms with Crippen LogP contribution >= 0.6 is 0 Å². The molecule has 2 heterocycles. The van der Waals surface area contributed by atoms with Gasteiger partial charge in [0.2, 0.25) is 5.91 Å². The molecule has 0 spiro atoms. The number of amides is 1. The number of nitrogens with zero attached hydrogens (tertiary/aromatic N) is 1. The second-order valence-electron chi connectivity index (χ2n) is 4.87. The minimum atomic E-state index is 0.278. The molecule has 2 aliphatic rings. The largest absolute Gasteiger partial charge is 0.384 e. The van der Waals surface area contributed by atoms with Crippen LogP contribution in [0.2, 0.25) is 0 Å². The molecule has 1 aromatic carbocycles. The van der Waals surface area contributed by atoms with Gasteiger partial charge in [-0.05, 0) is 37.0 Å². The van der Waals surface area contributed by atoms with Gasteiger partial charge < -0.3 is 10.2 Å². The second kappa shape index (κ2) is 4.40.